The van der Waals surface area contributed by atoms with Crippen molar-refractivity contribution in [2.45, 2.75) is 4.90 Å². The third-order valence-electron chi connectivity index (χ3n) is 3.11. The smallest absolute Gasteiger partial charge is 0.213 e. The van der Waals surface area contributed by atoms with Crippen molar-refractivity contribution in [1.29, 1.82) is 5.26 Å². The van der Waals surface area contributed by atoms with E-state index in [0.717, 1.165) is 11.8 Å². The van der Waals surface area contributed by atoms with Crippen LogP contribution in [0.25, 0.3) is 11.1 Å². The van der Waals surface area contributed by atoms with Crippen molar-refractivity contribution >= 4 is 9.84 Å². The molecule has 0 radical (unpaired) electrons. The molecule has 0 spiro atoms. The molecule has 0 saturated heterocycles. The summed E-state index contributed by atoms with van der Waals surface area (Å²) < 4.78 is 33.5. The fraction of sp³-hybridized carbons (Fsp3) is 0.250. The quantitative estimate of drug-likeness (QED) is 0.752. The first-order chi connectivity index (χ1) is 11.0. The number of ether oxygens (including phenoxy) is 2. The van der Waals surface area contributed by atoms with Crippen LogP contribution in [-0.4, -0.2) is 40.0 Å². The predicted molar refractivity (Wildman–Crippen MR) is 84.9 cm³/mol. The van der Waals surface area contributed by atoms with E-state index in [9.17, 15) is 8.42 Å². The lowest BCUT2D eigenvalue weighted by Crippen LogP contribution is -2.05. The Morgan fingerprint density at radius 2 is 1.91 bits per heavy atom. The Morgan fingerprint density at radius 3 is 2.48 bits per heavy atom. The molecule has 1 aromatic carbocycles. The molecule has 0 aliphatic carbocycles. The molecule has 0 amide bonds. The summed E-state index contributed by atoms with van der Waals surface area (Å²) in [6, 6.07) is 10.1. The molecule has 0 saturated carbocycles. The van der Waals surface area contributed by atoms with E-state index in [-0.39, 0.29) is 10.5 Å². The van der Waals surface area contributed by atoms with Gasteiger partial charge in [0, 0.05) is 31.2 Å². The van der Waals surface area contributed by atoms with Crippen LogP contribution in [0.2, 0.25) is 0 Å². The van der Waals surface area contributed by atoms with Crippen LogP contribution in [-0.2, 0) is 14.6 Å². The summed E-state index contributed by atoms with van der Waals surface area (Å²) in [5.41, 5.74) is 1.59. The van der Waals surface area contributed by atoms with Gasteiger partial charge in [0.05, 0.1) is 17.1 Å². The maximum Gasteiger partial charge on any atom is 0.213 e. The monoisotopic (exact) mass is 332 g/mol. The van der Waals surface area contributed by atoms with Crippen LogP contribution >= 0.6 is 0 Å². The zero-order valence-corrected chi connectivity index (χ0v) is 13.6. The van der Waals surface area contributed by atoms with Gasteiger partial charge < -0.3 is 9.47 Å². The van der Waals surface area contributed by atoms with Gasteiger partial charge in [0.2, 0.25) is 5.88 Å². The number of nitrogens with zero attached hydrogens (tertiary/aromatic N) is 2. The van der Waals surface area contributed by atoms with Crippen LogP contribution in [0.4, 0.5) is 0 Å². The number of methoxy groups -OCH3 is 1. The van der Waals surface area contributed by atoms with Gasteiger partial charge in [-0.05, 0) is 23.8 Å². The van der Waals surface area contributed by atoms with Crippen molar-refractivity contribution in [3.63, 3.8) is 0 Å². The van der Waals surface area contributed by atoms with Crippen LogP contribution in [0, 0.1) is 11.3 Å². The molecule has 23 heavy (non-hydrogen) atoms. The molecule has 6 nitrogen and oxygen atoms in total. The molecule has 0 aliphatic rings. The first-order valence-electron chi connectivity index (χ1n) is 6.78. The summed E-state index contributed by atoms with van der Waals surface area (Å²) in [5.74, 6) is 0.471. The normalized spacial score (nSPS) is 11.0. The van der Waals surface area contributed by atoms with Gasteiger partial charge >= 0.3 is 0 Å². The third kappa shape index (κ3) is 4.28. The van der Waals surface area contributed by atoms with E-state index in [0.29, 0.717) is 24.7 Å². The Hall–Kier alpha value is -2.43. The molecule has 0 bridgehead atoms. The maximum atomic E-state index is 11.6. The Morgan fingerprint density at radius 1 is 1.17 bits per heavy atom. The highest BCUT2D eigenvalue weighted by atomic mass is 32.2. The van der Waals surface area contributed by atoms with Gasteiger partial charge in [0.15, 0.2) is 9.84 Å². The van der Waals surface area contributed by atoms with E-state index in [1.807, 2.05) is 6.07 Å². The minimum atomic E-state index is -3.43. The van der Waals surface area contributed by atoms with E-state index in [4.69, 9.17) is 14.7 Å². The minimum absolute atomic E-state index is 0.0243. The van der Waals surface area contributed by atoms with Crippen LogP contribution in [0.5, 0.6) is 5.88 Å². The highest BCUT2D eigenvalue weighted by Gasteiger charge is 2.14. The van der Waals surface area contributed by atoms with Gasteiger partial charge in [-0.15, -0.1) is 0 Å². The molecule has 2 aromatic rings. The number of rotatable bonds is 6. The number of pyridine rings is 1. The number of sulfone groups is 1. The maximum absolute atomic E-state index is 11.6. The summed E-state index contributed by atoms with van der Waals surface area (Å²) in [6.45, 7) is 0.881. The largest absolute Gasteiger partial charge is 0.475 e. The predicted octanol–water partition coefficient (Wildman–Crippen LogP) is 2.05. The number of hydrogen-bond acceptors (Lipinski definition) is 6. The number of nitriles is 1. The highest BCUT2D eigenvalue weighted by Crippen LogP contribution is 2.25. The lowest BCUT2D eigenvalue weighted by Gasteiger charge is -2.07. The molecule has 0 N–H and O–H groups in total. The fourth-order valence-corrected chi connectivity index (χ4v) is 2.81. The Bertz CT molecular complexity index is 824. The summed E-state index contributed by atoms with van der Waals surface area (Å²) in [6.07, 6.45) is 2.69. The molecule has 0 fully saturated rings. The van der Waals surface area contributed by atoms with Crippen LogP contribution < -0.4 is 4.74 Å². The fourth-order valence-electron chi connectivity index (χ4n) is 1.99. The van der Waals surface area contributed by atoms with Crippen molar-refractivity contribution in [2.24, 2.45) is 0 Å². The standard InChI is InChI=1S/C16H16N2O4S/c1-21-7-8-22-16-6-4-13(11-18-16)12-3-5-15(23(2,19)20)14(9-12)10-17/h3-6,9,11H,7-8H2,1-2H3. The van der Waals surface area contributed by atoms with Crippen molar-refractivity contribution in [3.05, 3.63) is 42.1 Å². The summed E-state index contributed by atoms with van der Waals surface area (Å²) in [4.78, 5) is 4.20. The van der Waals surface area contributed by atoms with E-state index in [2.05, 4.69) is 4.98 Å². The van der Waals surface area contributed by atoms with Crippen LogP contribution in [0.1, 0.15) is 5.56 Å². The minimum Gasteiger partial charge on any atom is -0.475 e. The second-order valence-electron chi connectivity index (χ2n) is 4.82. The SMILES string of the molecule is COCCOc1ccc(-c2ccc(S(C)(=O)=O)c(C#N)c2)cn1. The lowest BCUT2D eigenvalue weighted by molar-refractivity contribution is 0.144. The van der Waals surface area contributed by atoms with Gasteiger partial charge in [-0.2, -0.15) is 5.26 Å². The van der Waals surface area contributed by atoms with Gasteiger partial charge in [0.1, 0.15) is 12.7 Å². The average molecular weight is 332 g/mol. The van der Waals surface area contributed by atoms with Gasteiger partial charge in [0.25, 0.3) is 0 Å². The molecule has 0 atom stereocenters. The number of hydrogen-bond donors (Lipinski definition) is 0. The Kier molecular flexibility index (Phi) is 5.32. The van der Waals surface area contributed by atoms with Crippen LogP contribution in [0.15, 0.2) is 41.4 Å². The molecule has 1 aromatic heterocycles. The van der Waals surface area contributed by atoms with Gasteiger partial charge in [-0.1, -0.05) is 6.07 Å². The second-order valence-corrected chi connectivity index (χ2v) is 6.81. The molecular formula is C16H16N2O4S. The molecule has 7 heteroatoms. The Labute approximate surface area is 135 Å². The summed E-state index contributed by atoms with van der Waals surface area (Å²) in [5, 5.41) is 9.16. The van der Waals surface area contributed by atoms with Gasteiger partial charge in [-0.25, -0.2) is 13.4 Å². The molecule has 120 valence electrons. The van der Waals surface area contributed by atoms with Crippen molar-refractivity contribution in [2.75, 3.05) is 26.6 Å². The first-order valence-corrected chi connectivity index (χ1v) is 8.67. The highest BCUT2D eigenvalue weighted by molar-refractivity contribution is 7.90. The lowest BCUT2D eigenvalue weighted by atomic mass is 10.1. The number of aromatic nitrogens is 1. The number of benzene rings is 1. The summed E-state index contributed by atoms with van der Waals surface area (Å²) >= 11 is 0. The van der Waals surface area contributed by atoms with E-state index >= 15 is 0 Å². The zero-order chi connectivity index (χ0) is 16.9. The zero-order valence-electron chi connectivity index (χ0n) is 12.8. The first kappa shape index (κ1) is 16.9. The van der Waals surface area contributed by atoms with E-state index in [1.54, 1.807) is 37.6 Å². The third-order valence-corrected chi connectivity index (χ3v) is 4.26. The topological polar surface area (TPSA) is 89.3 Å². The van der Waals surface area contributed by atoms with Crippen molar-refractivity contribution in [1.82, 2.24) is 4.98 Å². The van der Waals surface area contributed by atoms with Crippen molar-refractivity contribution in [3.8, 4) is 23.1 Å². The van der Waals surface area contributed by atoms with Crippen LogP contribution in [0.3, 0.4) is 0 Å². The average Bonchev–Trinajstić information content (AvgIpc) is 2.54. The summed E-state index contributed by atoms with van der Waals surface area (Å²) in [7, 11) is -1.84. The molecule has 1 heterocycles. The van der Waals surface area contributed by atoms with Gasteiger partial charge in [-0.3, -0.25) is 0 Å². The Balaban J connectivity index is 2.27. The molecular weight excluding hydrogens is 316 g/mol. The van der Waals surface area contributed by atoms with E-state index in [1.165, 1.54) is 6.07 Å². The van der Waals surface area contributed by atoms with Crippen molar-refractivity contribution < 1.29 is 17.9 Å². The molecule has 0 unspecified atom stereocenters. The molecule has 2 rings (SSSR count). The van der Waals surface area contributed by atoms with E-state index < -0.39 is 9.84 Å². The molecule has 0 aliphatic heterocycles. The second kappa shape index (κ2) is 7.22.